The number of hydrogen-bond donors (Lipinski definition) is 1. The smallest absolute Gasteiger partial charge is 0.258 e. The Labute approximate surface area is 136 Å². The predicted molar refractivity (Wildman–Crippen MR) is 91.9 cm³/mol. The maximum absolute atomic E-state index is 12.9. The van der Waals surface area contributed by atoms with Crippen LogP contribution in [0, 0.1) is 6.92 Å². The van der Waals surface area contributed by atoms with Gasteiger partial charge >= 0.3 is 0 Å². The van der Waals surface area contributed by atoms with Crippen molar-refractivity contribution in [2.45, 2.75) is 26.7 Å². The number of carbonyl (C=O) groups is 2. The van der Waals surface area contributed by atoms with Gasteiger partial charge in [-0.25, -0.2) is 0 Å². The Morgan fingerprint density at radius 2 is 1.96 bits per heavy atom. The van der Waals surface area contributed by atoms with E-state index < -0.39 is 0 Å². The molecule has 0 spiro atoms. The summed E-state index contributed by atoms with van der Waals surface area (Å²) in [4.78, 5) is 25.9. The third-order valence-electron chi connectivity index (χ3n) is 4.03. The van der Waals surface area contributed by atoms with Gasteiger partial charge in [0.1, 0.15) is 0 Å². The summed E-state index contributed by atoms with van der Waals surface area (Å²) in [7, 11) is 0. The lowest BCUT2D eigenvalue weighted by molar-refractivity contribution is -0.114. The van der Waals surface area contributed by atoms with Crippen LogP contribution < -0.4 is 10.2 Å². The molecule has 4 nitrogen and oxygen atoms in total. The number of rotatable bonds is 2. The standard InChI is InChI=1S/C19H20N2O2/c1-13-8-9-18-15(11-13)6-4-10-21(18)19(23)16-5-3-7-17(12-16)20-14(2)22/h3,5,7-9,11-12H,4,6,10H2,1-2H3,(H,20,22). The summed E-state index contributed by atoms with van der Waals surface area (Å²) < 4.78 is 0. The average Bonchev–Trinajstić information content (AvgIpc) is 2.53. The van der Waals surface area contributed by atoms with Gasteiger partial charge in [0, 0.05) is 30.4 Å². The minimum atomic E-state index is -0.145. The van der Waals surface area contributed by atoms with Crippen LogP contribution in [0.3, 0.4) is 0 Å². The zero-order valence-electron chi connectivity index (χ0n) is 13.4. The molecule has 23 heavy (non-hydrogen) atoms. The highest BCUT2D eigenvalue weighted by atomic mass is 16.2. The van der Waals surface area contributed by atoms with Crippen molar-refractivity contribution in [2.24, 2.45) is 0 Å². The fourth-order valence-electron chi connectivity index (χ4n) is 3.03. The van der Waals surface area contributed by atoms with Gasteiger partial charge in [0.15, 0.2) is 0 Å². The Balaban J connectivity index is 1.91. The molecule has 0 unspecified atom stereocenters. The third kappa shape index (κ3) is 3.26. The van der Waals surface area contributed by atoms with Crippen molar-refractivity contribution in [2.75, 3.05) is 16.8 Å². The fraction of sp³-hybridized carbons (Fsp3) is 0.263. The van der Waals surface area contributed by atoms with E-state index in [1.807, 2.05) is 17.0 Å². The van der Waals surface area contributed by atoms with Crippen molar-refractivity contribution in [1.29, 1.82) is 0 Å². The SMILES string of the molecule is CC(=O)Nc1cccc(C(=O)N2CCCc3cc(C)ccc32)c1. The van der Waals surface area contributed by atoms with Crippen molar-refractivity contribution in [3.8, 4) is 0 Å². The number of amides is 2. The molecule has 0 fully saturated rings. The molecule has 1 N–H and O–H groups in total. The Hall–Kier alpha value is -2.62. The van der Waals surface area contributed by atoms with Crippen LogP contribution in [0.2, 0.25) is 0 Å². The lowest BCUT2D eigenvalue weighted by Gasteiger charge is -2.30. The first-order valence-electron chi connectivity index (χ1n) is 7.83. The van der Waals surface area contributed by atoms with Gasteiger partial charge in [-0.15, -0.1) is 0 Å². The molecule has 1 heterocycles. The summed E-state index contributed by atoms with van der Waals surface area (Å²) in [5, 5.41) is 2.72. The number of nitrogens with one attached hydrogen (secondary N) is 1. The molecule has 2 amide bonds. The van der Waals surface area contributed by atoms with Crippen molar-refractivity contribution in [3.63, 3.8) is 0 Å². The lowest BCUT2D eigenvalue weighted by Crippen LogP contribution is -2.35. The van der Waals surface area contributed by atoms with E-state index in [2.05, 4.69) is 18.3 Å². The van der Waals surface area contributed by atoms with Crippen LogP contribution in [0.1, 0.15) is 34.8 Å². The maximum atomic E-state index is 12.9. The van der Waals surface area contributed by atoms with Gasteiger partial charge in [0.05, 0.1) is 0 Å². The van der Waals surface area contributed by atoms with Crippen LogP contribution in [0.25, 0.3) is 0 Å². The molecule has 0 aromatic heterocycles. The Morgan fingerprint density at radius 1 is 1.13 bits per heavy atom. The minimum absolute atomic E-state index is 0.0259. The first-order chi connectivity index (χ1) is 11.0. The molecule has 4 heteroatoms. The number of fused-ring (bicyclic) bond motifs is 1. The highest BCUT2D eigenvalue weighted by Crippen LogP contribution is 2.29. The molecular weight excluding hydrogens is 288 g/mol. The maximum Gasteiger partial charge on any atom is 0.258 e. The van der Waals surface area contributed by atoms with E-state index in [1.165, 1.54) is 18.1 Å². The van der Waals surface area contributed by atoms with Gasteiger partial charge in [-0.3, -0.25) is 9.59 Å². The van der Waals surface area contributed by atoms with Crippen LogP contribution in [0.15, 0.2) is 42.5 Å². The molecular formula is C19H20N2O2. The van der Waals surface area contributed by atoms with Crippen molar-refractivity contribution < 1.29 is 9.59 Å². The van der Waals surface area contributed by atoms with Crippen LogP contribution >= 0.6 is 0 Å². The van der Waals surface area contributed by atoms with E-state index in [4.69, 9.17) is 0 Å². The second-order valence-corrected chi connectivity index (χ2v) is 5.95. The topological polar surface area (TPSA) is 49.4 Å². The predicted octanol–water partition coefficient (Wildman–Crippen LogP) is 3.55. The fourth-order valence-corrected chi connectivity index (χ4v) is 3.03. The number of nitrogens with zero attached hydrogens (tertiary/aromatic N) is 1. The Morgan fingerprint density at radius 3 is 2.74 bits per heavy atom. The average molecular weight is 308 g/mol. The molecule has 118 valence electrons. The van der Waals surface area contributed by atoms with Gasteiger partial charge < -0.3 is 10.2 Å². The number of benzene rings is 2. The monoisotopic (exact) mass is 308 g/mol. The number of carbonyl (C=O) groups excluding carboxylic acids is 2. The molecule has 0 aliphatic carbocycles. The lowest BCUT2D eigenvalue weighted by atomic mass is 9.99. The van der Waals surface area contributed by atoms with Crippen LogP contribution in [-0.2, 0) is 11.2 Å². The van der Waals surface area contributed by atoms with E-state index >= 15 is 0 Å². The van der Waals surface area contributed by atoms with Crippen LogP contribution in [0.5, 0.6) is 0 Å². The Kier molecular flexibility index (Phi) is 4.15. The summed E-state index contributed by atoms with van der Waals surface area (Å²) in [6.07, 6.45) is 1.97. The van der Waals surface area contributed by atoms with Gasteiger partial charge in [-0.1, -0.05) is 23.8 Å². The second-order valence-electron chi connectivity index (χ2n) is 5.95. The van der Waals surface area contributed by atoms with Crippen LogP contribution in [0.4, 0.5) is 11.4 Å². The zero-order chi connectivity index (χ0) is 16.4. The van der Waals surface area contributed by atoms with E-state index in [-0.39, 0.29) is 11.8 Å². The number of aryl methyl sites for hydroxylation is 2. The van der Waals surface area contributed by atoms with Crippen molar-refractivity contribution in [1.82, 2.24) is 0 Å². The van der Waals surface area contributed by atoms with E-state index in [0.29, 0.717) is 11.3 Å². The third-order valence-corrected chi connectivity index (χ3v) is 4.03. The minimum Gasteiger partial charge on any atom is -0.326 e. The first kappa shape index (κ1) is 15.3. The molecule has 0 saturated heterocycles. The highest BCUT2D eigenvalue weighted by molar-refractivity contribution is 6.07. The second kappa shape index (κ2) is 6.24. The van der Waals surface area contributed by atoms with Gasteiger partial charge in [-0.2, -0.15) is 0 Å². The molecule has 0 bridgehead atoms. The van der Waals surface area contributed by atoms with Crippen LogP contribution in [-0.4, -0.2) is 18.4 Å². The van der Waals surface area contributed by atoms with E-state index in [9.17, 15) is 9.59 Å². The molecule has 2 aromatic carbocycles. The summed E-state index contributed by atoms with van der Waals surface area (Å²) in [6, 6.07) is 13.3. The van der Waals surface area contributed by atoms with Gasteiger partial charge in [-0.05, 0) is 49.6 Å². The summed E-state index contributed by atoms with van der Waals surface area (Å²) in [6.45, 7) is 4.24. The summed E-state index contributed by atoms with van der Waals surface area (Å²) >= 11 is 0. The highest BCUT2D eigenvalue weighted by Gasteiger charge is 2.23. The van der Waals surface area contributed by atoms with E-state index in [0.717, 1.165) is 25.1 Å². The number of hydrogen-bond acceptors (Lipinski definition) is 2. The molecule has 2 aromatic rings. The molecule has 0 radical (unpaired) electrons. The zero-order valence-corrected chi connectivity index (χ0v) is 13.4. The first-order valence-corrected chi connectivity index (χ1v) is 7.83. The van der Waals surface area contributed by atoms with Gasteiger partial charge in [0.2, 0.25) is 5.91 Å². The number of anilines is 2. The van der Waals surface area contributed by atoms with Crippen molar-refractivity contribution in [3.05, 3.63) is 59.2 Å². The quantitative estimate of drug-likeness (QED) is 0.922. The summed E-state index contributed by atoms with van der Waals surface area (Å²) in [5.41, 5.74) is 4.67. The Bertz CT molecular complexity index is 768. The van der Waals surface area contributed by atoms with Gasteiger partial charge in [0.25, 0.3) is 5.91 Å². The largest absolute Gasteiger partial charge is 0.326 e. The molecule has 0 saturated carbocycles. The molecule has 0 atom stereocenters. The van der Waals surface area contributed by atoms with Crippen molar-refractivity contribution >= 4 is 23.2 Å². The molecule has 1 aliphatic rings. The molecule has 3 rings (SSSR count). The normalized spacial score (nSPS) is 13.4. The summed E-state index contributed by atoms with van der Waals surface area (Å²) in [5.74, 6) is -0.171. The molecule has 1 aliphatic heterocycles. The van der Waals surface area contributed by atoms with E-state index in [1.54, 1.807) is 24.3 Å².